The van der Waals surface area contributed by atoms with Crippen LogP contribution >= 0.6 is 15.9 Å². The Bertz CT molecular complexity index is 622. The van der Waals surface area contributed by atoms with E-state index in [1.54, 1.807) is 0 Å². The van der Waals surface area contributed by atoms with Crippen LogP contribution in [-0.2, 0) is 11.2 Å². The lowest BCUT2D eigenvalue weighted by Gasteiger charge is -2.15. The molecule has 4 heteroatoms. The Morgan fingerprint density at radius 2 is 1.76 bits per heavy atom. The molecular weight excluding hydrogens is 332 g/mol. The van der Waals surface area contributed by atoms with Crippen molar-refractivity contribution in [2.45, 2.75) is 19.4 Å². The highest BCUT2D eigenvalue weighted by molar-refractivity contribution is 9.10. The van der Waals surface area contributed by atoms with Crippen LogP contribution in [0.25, 0.3) is 11.1 Å². The summed E-state index contributed by atoms with van der Waals surface area (Å²) in [6.45, 7) is 1.52. The lowest BCUT2D eigenvalue weighted by atomic mass is 9.96. The third kappa shape index (κ3) is 3.93. The first-order chi connectivity index (χ1) is 9.99. The fourth-order valence-electron chi connectivity index (χ4n) is 2.10. The van der Waals surface area contributed by atoms with Gasteiger partial charge in [-0.15, -0.1) is 0 Å². The van der Waals surface area contributed by atoms with Crippen molar-refractivity contribution in [3.63, 3.8) is 0 Å². The average Bonchev–Trinajstić information content (AvgIpc) is 2.47. The molecule has 2 rings (SSSR count). The molecule has 0 aliphatic carbocycles. The van der Waals surface area contributed by atoms with Gasteiger partial charge >= 0.3 is 5.97 Å². The number of benzene rings is 2. The van der Waals surface area contributed by atoms with Crippen molar-refractivity contribution < 1.29 is 15.0 Å². The number of carbonyl (C=O) groups is 1. The number of rotatable bonds is 5. The molecule has 0 saturated heterocycles. The van der Waals surface area contributed by atoms with Crippen LogP contribution in [0, 0.1) is 5.92 Å². The summed E-state index contributed by atoms with van der Waals surface area (Å²) in [5.41, 5.74) is 3.10. The van der Waals surface area contributed by atoms with Crippen LogP contribution in [0.5, 0.6) is 0 Å². The second-order valence-electron chi connectivity index (χ2n) is 5.08. The molecule has 0 aliphatic rings. The SMILES string of the molecule is CC(C(=O)O)C(O)Cc1ccc(-c2ccccc2Br)cc1. The molecule has 21 heavy (non-hydrogen) atoms. The molecule has 0 aliphatic heterocycles. The van der Waals surface area contributed by atoms with Crippen molar-refractivity contribution in [1.29, 1.82) is 0 Å². The van der Waals surface area contributed by atoms with E-state index in [0.29, 0.717) is 6.42 Å². The second-order valence-corrected chi connectivity index (χ2v) is 5.93. The highest BCUT2D eigenvalue weighted by atomic mass is 79.9. The van der Waals surface area contributed by atoms with E-state index in [0.717, 1.165) is 21.2 Å². The van der Waals surface area contributed by atoms with E-state index in [9.17, 15) is 9.90 Å². The molecule has 0 spiro atoms. The molecule has 0 radical (unpaired) electrons. The maximum absolute atomic E-state index is 10.8. The molecule has 2 aromatic carbocycles. The average molecular weight is 349 g/mol. The van der Waals surface area contributed by atoms with Crippen LogP contribution in [-0.4, -0.2) is 22.3 Å². The Morgan fingerprint density at radius 3 is 2.33 bits per heavy atom. The summed E-state index contributed by atoms with van der Waals surface area (Å²) < 4.78 is 1.03. The summed E-state index contributed by atoms with van der Waals surface area (Å²) in [5, 5.41) is 18.8. The van der Waals surface area contributed by atoms with E-state index in [2.05, 4.69) is 15.9 Å². The first-order valence-electron chi connectivity index (χ1n) is 6.73. The zero-order valence-electron chi connectivity index (χ0n) is 11.7. The second kappa shape index (κ2) is 6.87. The van der Waals surface area contributed by atoms with Crippen LogP contribution in [0.4, 0.5) is 0 Å². The molecule has 2 unspecified atom stereocenters. The van der Waals surface area contributed by atoms with E-state index >= 15 is 0 Å². The molecule has 110 valence electrons. The fourth-order valence-corrected chi connectivity index (χ4v) is 2.61. The Kier molecular flexibility index (Phi) is 5.15. The van der Waals surface area contributed by atoms with Crippen molar-refractivity contribution in [3.8, 4) is 11.1 Å². The summed E-state index contributed by atoms with van der Waals surface area (Å²) in [7, 11) is 0. The van der Waals surface area contributed by atoms with Gasteiger partial charge in [-0.1, -0.05) is 58.4 Å². The third-order valence-electron chi connectivity index (χ3n) is 3.55. The number of halogens is 1. The van der Waals surface area contributed by atoms with E-state index in [-0.39, 0.29) is 0 Å². The van der Waals surface area contributed by atoms with Crippen LogP contribution in [0.1, 0.15) is 12.5 Å². The van der Waals surface area contributed by atoms with E-state index in [1.165, 1.54) is 6.92 Å². The molecule has 0 bridgehead atoms. The number of aliphatic hydroxyl groups is 1. The Morgan fingerprint density at radius 1 is 1.14 bits per heavy atom. The first-order valence-corrected chi connectivity index (χ1v) is 7.53. The van der Waals surface area contributed by atoms with Gasteiger partial charge in [0.15, 0.2) is 0 Å². The summed E-state index contributed by atoms with van der Waals surface area (Å²) >= 11 is 3.52. The molecule has 0 fully saturated rings. The first kappa shape index (κ1) is 15.7. The van der Waals surface area contributed by atoms with Gasteiger partial charge in [-0.2, -0.15) is 0 Å². The Balaban J connectivity index is 2.13. The lowest BCUT2D eigenvalue weighted by Crippen LogP contribution is -2.27. The number of aliphatic carboxylic acids is 1. The monoisotopic (exact) mass is 348 g/mol. The van der Waals surface area contributed by atoms with Crippen molar-refractivity contribution in [1.82, 2.24) is 0 Å². The third-order valence-corrected chi connectivity index (χ3v) is 4.24. The minimum Gasteiger partial charge on any atom is -0.481 e. The molecule has 2 N–H and O–H groups in total. The Labute approximate surface area is 132 Å². The van der Waals surface area contributed by atoms with Crippen molar-refractivity contribution in [2.24, 2.45) is 5.92 Å². The van der Waals surface area contributed by atoms with Gasteiger partial charge in [-0.05, 0) is 36.1 Å². The molecule has 2 atom stereocenters. The minimum absolute atomic E-state index is 0.337. The quantitative estimate of drug-likeness (QED) is 0.865. The lowest BCUT2D eigenvalue weighted by molar-refractivity contribution is -0.144. The van der Waals surface area contributed by atoms with Gasteiger partial charge in [-0.3, -0.25) is 4.79 Å². The van der Waals surface area contributed by atoms with Gasteiger partial charge < -0.3 is 10.2 Å². The molecule has 2 aromatic rings. The summed E-state index contributed by atoms with van der Waals surface area (Å²) in [6, 6.07) is 15.8. The van der Waals surface area contributed by atoms with Gasteiger partial charge in [0, 0.05) is 4.47 Å². The van der Waals surface area contributed by atoms with Crippen molar-refractivity contribution in [2.75, 3.05) is 0 Å². The largest absolute Gasteiger partial charge is 0.481 e. The topological polar surface area (TPSA) is 57.5 Å². The molecular formula is C17H17BrO3. The molecule has 0 aromatic heterocycles. The summed E-state index contributed by atoms with van der Waals surface area (Å²) in [5.74, 6) is -1.75. The maximum atomic E-state index is 10.8. The van der Waals surface area contributed by atoms with Crippen LogP contribution in [0.15, 0.2) is 53.0 Å². The minimum atomic E-state index is -0.979. The predicted octanol–water partition coefficient (Wildman–Crippen LogP) is 3.74. The molecule has 3 nitrogen and oxygen atoms in total. The van der Waals surface area contributed by atoms with Gasteiger partial charge in [0.25, 0.3) is 0 Å². The van der Waals surface area contributed by atoms with Crippen LogP contribution in [0.3, 0.4) is 0 Å². The standard InChI is InChI=1S/C17H17BrO3/c1-11(17(20)21)16(19)10-12-6-8-13(9-7-12)14-4-2-3-5-15(14)18/h2-9,11,16,19H,10H2,1H3,(H,20,21). The maximum Gasteiger partial charge on any atom is 0.308 e. The zero-order valence-corrected chi connectivity index (χ0v) is 13.2. The van der Waals surface area contributed by atoms with Gasteiger partial charge in [0.1, 0.15) is 0 Å². The molecule has 0 saturated carbocycles. The molecule has 0 heterocycles. The number of aliphatic hydroxyl groups excluding tert-OH is 1. The molecule has 0 amide bonds. The van der Waals surface area contributed by atoms with Gasteiger partial charge in [-0.25, -0.2) is 0 Å². The summed E-state index contributed by atoms with van der Waals surface area (Å²) in [6.07, 6.45) is -0.541. The van der Waals surface area contributed by atoms with Crippen molar-refractivity contribution in [3.05, 3.63) is 58.6 Å². The Hall–Kier alpha value is -1.65. The fraction of sp³-hybridized carbons (Fsp3) is 0.235. The van der Waals surface area contributed by atoms with Crippen LogP contribution < -0.4 is 0 Å². The highest BCUT2D eigenvalue weighted by Crippen LogP contribution is 2.28. The number of hydrogen-bond donors (Lipinski definition) is 2. The smallest absolute Gasteiger partial charge is 0.308 e. The zero-order chi connectivity index (χ0) is 15.4. The number of carboxylic acids is 1. The predicted molar refractivity (Wildman–Crippen MR) is 86.1 cm³/mol. The van der Waals surface area contributed by atoms with Gasteiger partial charge in [0.05, 0.1) is 12.0 Å². The number of hydrogen-bond acceptors (Lipinski definition) is 2. The van der Waals surface area contributed by atoms with Crippen molar-refractivity contribution >= 4 is 21.9 Å². The van der Waals surface area contributed by atoms with E-state index in [1.807, 2.05) is 48.5 Å². The summed E-state index contributed by atoms with van der Waals surface area (Å²) in [4.78, 5) is 10.8. The highest BCUT2D eigenvalue weighted by Gasteiger charge is 2.21. The van der Waals surface area contributed by atoms with Crippen LogP contribution in [0.2, 0.25) is 0 Å². The van der Waals surface area contributed by atoms with E-state index < -0.39 is 18.0 Å². The van der Waals surface area contributed by atoms with Gasteiger partial charge in [0.2, 0.25) is 0 Å². The van der Waals surface area contributed by atoms with E-state index in [4.69, 9.17) is 5.11 Å². The normalized spacial score (nSPS) is 13.7. The number of carboxylic acid groups (broad SMARTS) is 1.